The van der Waals surface area contributed by atoms with Crippen LogP contribution in [0, 0.1) is 0 Å². The minimum atomic E-state index is 0.204. The normalized spacial score (nSPS) is 11.5. The van der Waals surface area contributed by atoms with E-state index in [2.05, 4.69) is 23.1 Å². The Bertz CT molecular complexity index is 648. The zero-order valence-electron chi connectivity index (χ0n) is 9.23. The Morgan fingerprint density at radius 2 is 1.82 bits per heavy atom. The molecule has 2 aromatic rings. The third-order valence-corrected chi connectivity index (χ3v) is 2.50. The van der Waals surface area contributed by atoms with Crippen molar-refractivity contribution in [2.75, 3.05) is 0 Å². The first-order chi connectivity index (χ1) is 8.22. The zero-order valence-corrected chi connectivity index (χ0v) is 9.98. The highest BCUT2D eigenvalue weighted by molar-refractivity contribution is 6.28. The maximum absolute atomic E-state index is 5.87. The number of hydrogen-bond donors (Lipinski definition) is 0. The van der Waals surface area contributed by atoms with Crippen molar-refractivity contribution in [1.82, 2.24) is 9.97 Å². The third kappa shape index (κ3) is 2.43. The van der Waals surface area contributed by atoms with Crippen LogP contribution in [0.5, 0.6) is 0 Å². The van der Waals surface area contributed by atoms with E-state index in [9.17, 15) is 0 Å². The lowest BCUT2D eigenvalue weighted by Crippen LogP contribution is -2.30. The van der Waals surface area contributed by atoms with Crippen LogP contribution < -0.4 is 10.6 Å². The van der Waals surface area contributed by atoms with Crippen molar-refractivity contribution in [2.24, 2.45) is 0 Å². The molecule has 0 aliphatic rings. The molecule has 0 unspecified atom stereocenters. The second-order valence-electron chi connectivity index (χ2n) is 3.47. The molecule has 0 saturated carbocycles. The molecule has 0 atom stereocenters. The van der Waals surface area contributed by atoms with Gasteiger partial charge in [0.15, 0.2) is 0 Å². The van der Waals surface area contributed by atoms with Gasteiger partial charge in [0.05, 0.1) is 11.0 Å². The molecule has 0 radical (unpaired) electrons. The van der Waals surface area contributed by atoms with Crippen LogP contribution in [0.3, 0.4) is 0 Å². The van der Waals surface area contributed by atoms with Gasteiger partial charge in [-0.1, -0.05) is 55.6 Å². The van der Waals surface area contributed by atoms with E-state index >= 15 is 0 Å². The third-order valence-electron chi connectivity index (χ3n) is 2.33. The summed E-state index contributed by atoms with van der Waals surface area (Å²) in [5, 5.41) is 1.65. The van der Waals surface area contributed by atoms with Gasteiger partial charge < -0.3 is 0 Å². The van der Waals surface area contributed by atoms with Gasteiger partial charge in [-0.25, -0.2) is 9.97 Å². The summed E-state index contributed by atoms with van der Waals surface area (Å²) >= 11 is 5.87. The molecule has 0 saturated heterocycles. The average Bonchev–Trinajstić information content (AvgIpc) is 2.33. The molecule has 17 heavy (non-hydrogen) atoms. The van der Waals surface area contributed by atoms with Crippen molar-refractivity contribution < 1.29 is 0 Å². The molecule has 84 valence electrons. The van der Waals surface area contributed by atoms with Gasteiger partial charge in [0.25, 0.3) is 0 Å². The van der Waals surface area contributed by atoms with Gasteiger partial charge in [0.2, 0.25) is 5.28 Å². The molecule has 0 fully saturated rings. The molecule has 2 nitrogen and oxygen atoms in total. The molecule has 0 aliphatic heterocycles. The fourth-order valence-electron chi connectivity index (χ4n) is 1.59. The summed E-state index contributed by atoms with van der Waals surface area (Å²) in [6.07, 6.45) is 3.52. The van der Waals surface area contributed by atoms with Crippen molar-refractivity contribution in [3.63, 3.8) is 0 Å². The molecular formula is C14H11ClN2. The van der Waals surface area contributed by atoms with Gasteiger partial charge >= 0.3 is 0 Å². The molecule has 0 N–H and O–H groups in total. The highest BCUT2D eigenvalue weighted by Gasteiger charge is 2.04. The van der Waals surface area contributed by atoms with Gasteiger partial charge in [-0.05, 0) is 11.6 Å². The summed E-state index contributed by atoms with van der Waals surface area (Å²) in [7, 11) is 0. The Morgan fingerprint density at radius 1 is 1.12 bits per heavy atom. The second-order valence-corrected chi connectivity index (χ2v) is 3.81. The summed E-state index contributed by atoms with van der Waals surface area (Å²) in [6, 6.07) is 9.79. The van der Waals surface area contributed by atoms with E-state index < -0.39 is 0 Å². The first-order valence-electron chi connectivity index (χ1n) is 5.13. The van der Waals surface area contributed by atoms with Crippen molar-refractivity contribution >= 4 is 24.3 Å². The standard InChI is InChI=1S/C14H11ClN2/c1-3-7-12-10(2)16-14(15)17-13(12)11-8-5-4-6-9-11/h3-9H,1-2H2/b12-7+. The van der Waals surface area contributed by atoms with Crippen molar-refractivity contribution in [3.8, 4) is 11.3 Å². The predicted molar refractivity (Wildman–Crippen MR) is 71.9 cm³/mol. The predicted octanol–water partition coefficient (Wildman–Crippen LogP) is 2.17. The van der Waals surface area contributed by atoms with E-state index in [1.54, 1.807) is 6.08 Å². The van der Waals surface area contributed by atoms with Gasteiger partial charge in [0, 0.05) is 10.8 Å². The summed E-state index contributed by atoms with van der Waals surface area (Å²) in [5.41, 5.74) is 1.75. The molecule has 0 spiro atoms. The van der Waals surface area contributed by atoms with Crippen molar-refractivity contribution in [1.29, 1.82) is 0 Å². The molecule has 1 aromatic carbocycles. The van der Waals surface area contributed by atoms with Crippen LogP contribution >= 0.6 is 11.6 Å². The van der Waals surface area contributed by atoms with Crippen LogP contribution in [-0.2, 0) is 0 Å². The maximum Gasteiger partial charge on any atom is 0.223 e. The zero-order chi connectivity index (χ0) is 12.3. The second kappa shape index (κ2) is 4.93. The molecule has 1 aromatic heterocycles. The quantitative estimate of drug-likeness (QED) is 0.755. The van der Waals surface area contributed by atoms with Crippen molar-refractivity contribution in [2.45, 2.75) is 0 Å². The Balaban J connectivity index is 2.82. The van der Waals surface area contributed by atoms with Crippen LogP contribution in [0.4, 0.5) is 0 Å². The van der Waals surface area contributed by atoms with Gasteiger partial charge in [-0.2, -0.15) is 0 Å². The van der Waals surface area contributed by atoms with Gasteiger partial charge in [0.1, 0.15) is 0 Å². The number of halogens is 1. The van der Waals surface area contributed by atoms with Gasteiger partial charge in [-0.15, -0.1) is 0 Å². The number of benzene rings is 1. The highest BCUT2D eigenvalue weighted by atomic mass is 35.5. The fourth-order valence-corrected chi connectivity index (χ4v) is 1.78. The summed E-state index contributed by atoms with van der Waals surface area (Å²) in [4.78, 5) is 8.30. The average molecular weight is 243 g/mol. The monoisotopic (exact) mass is 242 g/mol. The minimum absolute atomic E-state index is 0.204. The van der Waals surface area contributed by atoms with Gasteiger partial charge in [-0.3, -0.25) is 0 Å². The number of hydrogen-bond acceptors (Lipinski definition) is 2. The van der Waals surface area contributed by atoms with Crippen LogP contribution in [0.2, 0.25) is 5.28 Å². The molecular weight excluding hydrogens is 232 g/mol. The van der Waals surface area contributed by atoms with Crippen LogP contribution in [0.1, 0.15) is 0 Å². The van der Waals surface area contributed by atoms with Crippen LogP contribution in [-0.4, -0.2) is 9.97 Å². The Morgan fingerprint density at radius 3 is 2.47 bits per heavy atom. The Labute approximate surface area is 105 Å². The first kappa shape index (κ1) is 11.6. The molecule has 2 rings (SSSR count). The van der Waals surface area contributed by atoms with Crippen molar-refractivity contribution in [3.05, 3.63) is 58.8 Å². The summed E-state index contributed by atoms with van der Waals surface area (Å²) in [6.45, 7) is 7.55. The minimum Gasteiger partial charge on any atom is -0.218 e. The van der Waals surface area contributed by atoms with Crippen LogP contribution in [0.15, 0.2) is 43.0 Å². The number of allylic oxidation sites excluding steroid dienone is 1. The lowest BCUT2D eigenvalue weighted by Gasteiger charge is -2.02. The number of rotatable bonds is 2. The van der Waals surface area contributed by atoms with E-state index in [0.29, 0.717) is 5.35 Å². The topological polar surface area (TPSA) is 25.8 Å². The SMILES string of the molecule is C=C/C=c1/c(-c2ccccc2)nc(Cl)nc1=C. The Hall–Kier alpha value is -1.93. The lowest BCUT2D eigenvalue weighted by molar-refractivity contribution is 1.11. The summed E-state index contributed by atoms with van der Waals surface area (Å²) in [5.74, 6) is 0. The summed E-state index contributed by atoms with van der Waals surface area (Å²) < 4.78 is 0. The number of aromatic nitrogens is 2. The molecule has 0 bridgehead atoms. The molecule has 0 amide bonds. The number of nitrogens with zero attached hydrogens (tertiary/aromatic N) is 2. The lowest BCUT2D eigenvalue weighted by atomic mass is 10.1. The first-order valence-corrected chi connectivity index (χ1v) is 5.51. The highest BCUT2D eigenvalue weighted by Crippen LogP contribution is 2.12. The van der Waals surface area contributed by atoms with E-state index in [1.807, 2.05) is 36.4 Å². The van der Waals surface area contributed by atoms with Crippen LogP contribution in [0.25, 0.3) is 23.9 Å². The maximum atomic E-state index is 5.87. The molecule has 1 heterocycles. The van der Waals surface area contributed by atoms with E-state index in [0.717, 1.165) is 16.5 Å². The van der Waals surface area contributed by atoms with E-state index in [1.165, 1.54) is 0 Å². The smallest absolute Gasteiger partial charge is 0.218 e. The van der Waals surface area contributed by atoms with E-state index in [-0.39, 0.29) is 5.28 Å². The molecule has 3 heteroatoms. The molecule has 0 aliphatic carbocycles. The fraction of sp³-hybridized carbons (Fsp3) is 0. The Kier molecular flexibility index (Phi) is 3.35. The van der Waals surface area contributed by atoms with E-state index in [4.69, 9.17) is 11.6 Å². The largest absolute Gasteiger partial charge is 0.223 e.